The maximum atomic E-state index is 14.3. The highest BCUT2D eigenvalue weighted by molar-refractivity contribution is 7.59. The molecule has 2 heterocycles. The highest BCUT2D eigenvalue weighted by Crippen LogP contribution is 2.48. The molecule has 3 aromatic rings. The SMILES string of the molecule is COC(=O)[C@H](CCCCNC(=O)[C@@]1(c2ccccc2)CC[C@H](C(=O)N2CCC(NC(=O)c3cccn(C)c3=O)CC2)c2ccccc21)NC(C)=O.S.S. The van der Waals surface area contributed by atoms with Crippen LogP contribution < -0.4 is 21.5 Å². The third-order valence-electron chi connectivity index (χ3n) is 10.1. The van der Waals surface area contributed by atoms with Gasteiger partial charge in [-0.2, -0.15) is 27.0 Å². The van der Waals surface area contributed by atoms with Gasteiger partial charge in [-0.05, 0) is 73.8 Å². The lowest BCUT2D eigenvalue weighted by molar-refractivity contribution is -0.145. The Labute approximate surface area is 324 Å². The molecule has 1 aliphatic heterocycles. The first kappa shape index (κ1) is 42.8. The molecule has 0 spiro atoms. The lowest BCUT2D eigenvalue weighted by Gasteiger charge is -2.42. The van der Waals surface area contributed by atoms with Crippen LogP contribution in [0.3, 0.4) is 0 Å². The van der Waals surface area contributed by atoms with E-state index in [9.17, 15) is 28.8 Å². The van der Waals surface area contributed by atoms with Gasteiger partial charge in [0.1, 0.15) is 11.6 Å². The summed E-state index contributed by atoms with van der Waals surface area (Å²) in [5, 5.41) is 8.73. The number of pyridine rings is 1. The number of methoxy groups -OCH3 is 1. The second-order valence-electron chi connectivity index (χ2n) is 13.4. The lowest BCUT2D eigenvalue weighted by atomic mass is 9.62. The van der Waals surface area contributed by atoms with Crippen molar-refractivity contribution in [3.63, 3.8) is 0 Å². The summed E-state index contributed by atoms with van der Waals surface area (Å²) < 4.78 is 6.18. The van der Waals surface area contributed by atoms with E-state index < -0.39 is 29.3 Å². The predicted octanol–water partition coefficient (Wildman–Crippen LogP) is 3.16. The number of ether oxygens (including phenoxy) is 1. The first-order valence-corrected chi connectivity index (χ1v) is 17.6. The highest BCUT2D eigenvalue weighted by atomic mass is 32.1. The van der Waals surface area contributed by atoms with Gasteiger partial charge in [-0.25, -0.2) is 4.79 Å². The predicted molar refractivity (Wildman–Crippen MR) is 212 cm³/mol. The maximum Gasteiger partial charge on any atom is 0.328 e. The molecular formula is C39H51N5O7S2. The number of piperidine rings is 1. The van der Waals surface area contributed by atoms with Crippen molar-refractivity contribution in [3.8, 4) is 0 Å². The number of carbonyl (C=O) groups is 5. The molecular weight excluding hydrogens is 715 g/mol. The number of unbranched alkanes of at least 4 members (excludes halogenated alkanes) is 1. The molecule has 5 rings (SSSR count). The lowest BCUT2D eigenvalue weighted by Crippen LogP contribution is -2.51. The van der Waals surface area contributed by atoms with Crippen LogP contribution in [0.4, 0.5) is 0 Å². The Hall–Kier alpha value is -4.56. The van der Waals surface area contributed by atoms with Gasteiger partial charge in [-0.15, -0.1) is 0 Å². The number of hydrogen-bond donors (Lipinski definition) is 3. The van der Waals surface area contributed by atoms with Crippen LogP contribution in [0.25, 0.3) is 0 Å². The number of aryl methyl sites for hydroxylation is 1. The minimum Gasteiger partial charge on any atom is -0.467 e. The first-order chi connectivity index (χ1) is 24.6. The normalized spacial score (nSPS) is 18.5. The Morgan fingerprint density at radius 2 is 1.58 bits per heavy atom. The van der Waals surface area contributed by atoms with Crippen LogP contribution >= 0.6 is 27.0 Å². The van der Waals surface area contributed by atoms with Crippen molar-refractivity contribution < 1.29 is 28.7 Å². The van der Waals surface area contributed by atoms with E-state index in [-0.39, 0.29) is 61.9 Å². The van der Waals surface area contributed by atoms with Crippen molar-refractivity contribution >= 4 is 56.6 Å². The average Bonchev–Trinajstić information content (AvgIpc) is 3.14. The fourth-order valence-electron chi connectivity index (χ4n) is 7.45. The van der Waals surface area contributed by atoms with E-state index in [2.05, 4.69) is 16.0 Å². The van der Waals surface area contributed by atoms with Crippen molar-refractivity contribution in [2.75, 3.05) is 26.7 Å². The molecule has 1 saturated heterocycles. The van der Waals surface area contributed by atoms with Gasteiger partial charge >= 0.3 is 5.97 Å². The van der Waals surface area contributed by atoms with Crippen LogP contribution in [0.2, 0.25) is 0 Å². The Morgan fingerprint density at radius 3 is 2.26 bits per heavy atom. The summed E-state index contributed by atoms with van der Waals surface area (Å²) in [7, 11) is 2.88. The van der Waals surface area contributed by atoms with Gasteiger partial charge in [0.25, 0.3) is 11.5 Å². The van der Waals surface area contributed by atoms with E-state index in [1.165, 1.54) is 24.7 Å². The smallest absolute Gasteiger partial charge is 0.328 e. The Bertz CT molecular complexity index is 1810. The summed E-state index contributed by atoms with van der Waals surface area (Å²) in [5.41, 5.74) is 1.22. The molecule has 3 N–H and O–H groups in total. The largest absolute Gasteiger partial charge is 0.467 e. The quantitative estimate of drug-likeness (QED) is 0.189. The molecule has 0 bridgehead atoms. The zero-order chi connectivity index (χ0) is 36.5. The molecule has 3 atom stereocenters. The van der Waals surface area contributed by atoms with Crippen molar-refractivity contribution in [1.82, 2.24) is 25.4 Å². The molecule has 12 nitrogen and oxygen atoms in total. The van der Waals surface area contributed by atoms with Crippen LogP contribution in [0, 0.1) is 0 Å². The van der Waals surface area contributed by atoms with E-state index >= 15 is 0 Å². The molecule has 1 fully saturated rings. The van der Waals surface area contributed by atoms with E-state index in [0.717, 1.165) is 16.7 Å². The van der Waals surface area contributed by atoms with Gasteiger partial charge in [-0.1, -0.05) is 54.6 Å². The maximum absolute atomic E-state index is 14.3. The summed E-state index contributed by atoms with van der Waals surface area (Å²) in [6, 6.07) is 19.6. The number of benzene rings is 2. The second-order valence-corrected chi connectivity index (χ2v) is 13.4. The first-order valence-electron chi connectivity index (χ1n) is 17.6. The van der Waals surface area contributed by atoms with Crippen LogP contribution in [0.15, 0.2) is 77.7 Å². The number of nitrogens with one attached hydrogen (secondary N) is 3. The number of rotatable bonds is 12. The number of esters is 1. The van der Waals surface area contributed by atoms with Crippen LogP contribution in [-0.2, 0) is 36.4 Å². The Morgan fingerprint density at radius 1 is 0.906 bits per heavy atom. The van der Waals surface area contributed by atoms with Gasteiger partial charge in [-0.3, -0.25) is 24.0 Å². The number of aromatic nitrogens is 1. The van der Waals surface area contributed by atoms with Crippen LogP contribution in [0.5, 0.6) is 0 Å². The van der Waals surface area contributed by atoms with Crippen molar-refractivity contribution in [3.05, 3.63) is 106 Å². The number of carbonyl (C=O) groups excluding carboxylic acids is 5. The van der Waals surface area contributed by atoms with Gasteiger partial charge in [0.2, 0.25) is 17.7 Å². The molecule has 4 amide bonds. The minimum atomic E-state index is -1.01. The summed E-state index contributed by atoms with van der Waals surface area (Å²) in [4.78, 5) is 79.2. The molecule has 14 heteroatoms. The van der Waals surface area contributed by atoms with Gasteiger partial charge in [0.05, 0.1) is 18.4 Å². The molecule has 2 aliphatic rings. The standard InChI is InChI=1S/C39H47N5O7.2H2S/c1-26(45)41-33(37(49)51-3)17-9-10-22-40-38(50)39(27-12-5-4-6-13-27)21-18-30(29-14-7-8-16-32(29)39)36(48)44-24-19-28(20-25-44)42-34(46)31-15-11-23-43(2)35(31)47;;/h4-8,11-16,23,28,30,33H,9-10,17-22,24-25H2,1-3H3,(H,40,50)(H,41,45)(H,42,46);2*1H2/t30-,33-,39+;;/m0../s1. The van der Waals surface area contributed by atoms with Gasteiger partial charge in [0, 0.05) is 45.8 Å². The Kier molecular flexibility index (Phi) is 15.8. The van der Waals surface area contributed by atoms with Crippen molar-refractivity contribution in [2.24, 2.45) is 7.05 Å². The van der Waals surface area contributed by atoms with Crippen LogP contribution in [0.1, 0.15) is 84.8 Å². The molecule has 286 valence electrons. The minimum absolute atomic E-state index is 0. The third kappa shape index (κ3) is 9.71. The second kappa shape index (κ2) is 19.5. The molecule has 0 radical (unpaired) electrons. The number of nitrogens with zero attached hydrogens (tertiary/aromatic N) is 2. The zero-order valence-electron chi connectivity index (χ0n) is 30.5. The van der Waals surface area contributed by atoms with E-state index in [0.29, 0.717) is 64.6 Å². The average molecular weight is 766 g/mol. The number of likely N-dealkylation sites (tertiary alicyclic amines) is 1. The van der Waals surface area contributed by atoms with E-state index in [4.69, 9.17) is 4.74 Å². The summed E-state index contributed by atoms with van der Waals surface area (Å²) in [6.07, 6.45) is 5.20. The molecule has 0 unspecified atom stereocenters. The third-order valence-corrected chi connectivity index (χ3v) is 10.1. The molecule has 53 heavy (non-hydrogen) atoms. The monoisotopic (exact) mass is 765 g/mol. The molecule has 2 aromatic carbocycles. The summed E-state index contributed by atoms with van der Waals surface area (Å²) in [6.45, 7) is 2.66. The summed E-state index contributed by atoms with van der Waals surface area (Å²) >= 11 is 0. The highest BCUT2D eigenvalue weighted by Gasteiger charge is 2.48. The fourth-order valence-corrected chi connectivity index (χ4v) is 7.45. The van der Waals surface area contributed by atoms with Gasteiger partial charge < -0.3 is 30.2 Å². The van der Waals surface area contributed by atoms with Gasteiger partial charge in [0.15, 0.2) is 0 Å². The van der Waals surface area contributed by atoms with Crippen LogP contribution in [-0.4, -0.2) is 77.9 Å². The van der Waals surface area contributed by atoms with Crippen molar-refractivity contribution in [2.45, 2.75) is 75.3 Å². The topological polar surface area (TPSA) is 156 Å². The summed E-state index contributed by atoms with van der Waals surface area (Å²) in [5.74, 6) is -1.80. The number of fused-ring (bicyclic) bond motifs is 1. The van der Waals surface area contributed by atoms with E-state index in [1.54, 1.807) is 19.3 Å². The number of hydrogen-bond acceptors (Lipinski definition) is 7. The van der Waals surface area contributed by atoms with E-state index in [1.807, 2.05) is 59.5 Å². The van der Waals surface area contributed by atoms with Crippen molar-refractivity contribution in [1.29, 1.82) is 0 Å². The molecule has 1 aromatic heterocycles. The fraction of sp³-hybridized carbons (Fsp3) is 0.436. The molecule has 0 saturated carbocycles. The zero-order valence-corrected chi connectivity index (χ0v) is 32.5. The Balaban J connectivity index is 0.00000378. The number of amides is 4. The molecule has 1 aliphatic carbocycles.